The Morgan fingerprint density at radius 2 is 2.03 bits per heavy atom. The lowest BCUT2D eigenvalue weighted by atomic mass is 10.2. The van der Waals surface area contributed by atoms with Crippen molar-refractivity contribution in [3.63, 3.8) is 0 Å². The topological polar surface area (TPSA) is 79.7 Å². The van der Waals surface area contributed by atoms with Gasteiger partial charge < -0.3 is 4.98 Å². The Morgan fingerprint density at radius 1 is 1.25 bits per heavy atom. The van der Waals surface area contributed by atoms with Crippen LogP contribution in [0.25, 0.3) is 15.9 Å². The average Bonchev–Trinajstić information content (AvgIpc) is 3.46. The second kappa shape index (κ2) is 8.42. The zero-order valence-electron chi connectivity index (χ0n) is 18.1. The van der Waals surface area contributed by atoms with Crippen LogP contribution in [-0.2, 0) is 18.6 Å². The molecule has 0 saturated heterocycles. The highest BCUT2D eigenvalue weighted by molar-refractivity contribution is 7.98. The van der Waals surface area contributed by atoms with Crippen molar-refractivity contribution in [2.24, 2.45) is 0 Å². The molecule has 1 aliphatic carbocycles. The average molecular weight is 471 g/mol. The first-order valence-corrected chi connectivity index (χ1v) is 12.3. The Balaban J connectivity index is 1.48. The minimum absolute atomic E-state index is 0.00434. The van der Waals surface area contributed by atoms with Crippen LogP contribution in [0.1, 0.15) is 41.5 Å². The molecule has 0 saturated carbocycles. The highest BCUT2D eigenvalue weighted by Gasteiger charge is 2.23. The highest BCUT2D eigenvalue weighted by Crippen LogP contribution is 2.35. The first-order valence-electron chi connectivity index (χ1n) is 10.5. The van der Waals surface area contributed by atoms with Gasteiger partial charge in [0.2, 0.25) is 0 Å². The summed E-state index contributed by atoms with van der Waals surface area (Å²) in [6.07, 6.45) is 3.11. The fourth-order valence-electron chi connectivity index (χ4n) is 3.96. The van der Waals surface area contributed by atoms with E-state index in [0.717, 1.165) is 41.0 Å². The first kappa shape index (κ1) is 21.3. The molecule has 7 nitrogen and oxygen atoms in total. The number of H-pyrrole nitrogens is 1. The second-order valence-electron chi connectivity index (χ2n) is 8.13. The molecule has 1 aliphatic rings. The summed E-state index contributed by atoms with van der Waals surface area (Å²) in [6.45, 7) is 2.04. The number of aryl methyl sites for hydroxylation is 2. The fraction of sp³-hybridized carbons (Fsp3) is 0.364. The predicted molar refractivity (Wildman–Crippen MR) is 125 cm³/mol. The standard InChI is InChI=1S/C22H23FN6OS2/c1-12(28(2)3)19-26-27-22(29(19)14-9-7-13(23)8-10-14)31-11-17-24-20(30)18-15-5-4-6-16(15)32-21(18)25-17/h7-10,12H,4-6,11H2,1-3H3,(H,24,25,30)/t12-/m0/s1. The molecule has 3 heterocycles. The molecule has 0 fully saturated rings. The lowest BCUT2D eigenvalue weighted by Crippen LogP contribution is -2.20. The third-order valence-electron chi connectivity index (χ3n) is 5.85. The van der Waals surface area contributed by atoms with E-state index in [1.807, 2.05) is 30.5 Å². The van der Waals surface area contributed by atoms with Crippen molar-refractivity contribution >= 4 is 33.3 Å². The number of halogens is 1. The number of benzene rings is 1. The summed E-state index contributed by atoms with van der Waals surface area (Å²) in [5.41, 5.74) is 1.90. The molecule has 0 aliphatic heterocycles. The van der Waals surface area contributed by atoms with E-state index in [1.54, 1.807) is 23.5 Å². The molecule has 3 aromatic heterocycles. The quantitative estimate of drug-likeness (QED) is 0.427. The number of fused-ring (bicyclic) bond motifs is 3. The summed E-state index contributed by atoms with van der Waals surface area (Å²) in [4.78, 5) is 24.6. The van der Waals surface area contributed by atoms with Crippen LogP contribution in [0.5, 0.6) is 0 Å². The van der Waals surface area contributed by atoms with Gasteiger partial charge >= 0.3 is 0 Å². The van der Waals surface area contributed by atoms with Crippen molar-refractivity contribution in [3.05, 3.63) is 62.5 Å². The van der Waals surface area contributed by atoms with Crippen molar-refractivity contribution in [1.82, 2.24) is 29.6 Å². The molecular weight excluding hydrogens is 447 g/mol. The smallest absolute Gasteiger partial charge is 0.259 e. The molecule has 1 atom stereocenters. The van der Waals surface area contributed by atoms with Crippen LogP contribution in [0, 0.1) is 5.82 Å². The minimum atomic E-state index is -0.295. The number of nitrogens with zero attached hydrogens (tertiary/aromatic N) is 5. The molecule has 0 spiro atoms. The van der Waals surface area contributed by atoms with Crippen LogP contribution in [-0.4, -0.2) is 43.7 Å². The number of thiophene rings is 1. The van der Waals surface area contributed by atoms with Crippen LogP contribution in [0.3, 0.4) is 0 Å². The highest BCUT2D eigenvalue weighted by atomic mass is 32.2. The predicted octanol–water partition coefficient (Wildman–Crippen LogP) is 4.11. The van der Waals surface area contributed by atoms with Crippen molar-refractivity contribution < 1.29 is 4.39 Å². The number of aromatic nitrogens is 5. The van der Waals surface area contributed by atoms with Gasteiger partial charge in [0.25, 0.3) is 5.56 Å². The molecule has 32 heavy (non-hydrogen) atoms. The van der Waals surface area contributed by atoms with Gasteiger partial charge in [0.05, 0.1) is 17.2 Å². The number of rotatable bonds is 6. The summed E-state index contributed by atoms with van der Waals surface area (Å²) >= 11 is 3.08. The van der Waals surface area contributed by atoms with E-state index in [9.17, 15) is 9.18 Å². The van der Waals surface area contributed by atoms with E-state index in [4.69, 9.17) is 4.98 Å². The van der Waals surface area contributed by atoms with E-state index in [1.165, 1.54) is 34.3 Å². The molecule has 1 aromatic carbocycles. The number of thioether (sulfide) groups is 1. The van der Waals surface area contributed by atoms with Crippen molar-refractivity contribution in [2.45, 2.75) is 43.1 Å². The van der Waals surface area contributed by atoms with Gasteiger partial charge in [-0.05, 0) is 70.1 Å². The molecule has 0 unspecified atom stereocenters. The van der Waals surface area contributed by atoms with Crippen LogP contribution >= 0.6 is 23.1 Å². The number of hydrogen-bond acceptors (Lipinski definition) is 7. The maximum absolute atomic E-state index is 13.5. The summed E-state index contributed by atoms with van der Waals surface area (Å²) in [6, 6.07) is 6.29. The number of aromatic amines is 1. The second-order valence-corrected chi connectivity index (χ2v) is 10.2. The fourth-order valence-corrected chi connectivity index (χ4v) is 6.07. The summed E-state index contributed by atoms with van der Waals surface area (Å²) < 4.78 is 15.5. The lowest BCUT2D eigenvalue weighted by Gasteiger charge is -2.20. The van der Waals surface area contributed by atoms with Gasteiger partial charge in [-0.2, -0.15) is 0 Å². The van der Waals surface area contributed by atoms with Crippen LogP contribution in [0.15, 0.2) is 34.2 Å². The summed E-state index contributed by atoms with van der Waals surface area (Å²) in [7, 11) is 3.95. The molecule has 0 radical (unpaired) electrons. The monoisotopic (exact) mass is 470 g/mol. The van der Waals surface area contributed by atoms with Crippen LogP contribution in [0.4, 0.5) is 4.39 Å². The maximum Gasteiger partial charge on any atom is 0.259 e. The number of hydrogen-bond donors (Lipinski definition) is 1. The maximum atomic E-state index is 13.5. The Morgan fingerprint density at radius 3 is 2.78 bits per heavy atom. The van der Waals surface area contributed by atoms with Gasteiger partial charge in [-0.1, -0.05) is 11.8 Å². The third-order valence-corrected chi connectivity index (χ3v) is 7.98. The molecule has 1 N–H and O–H groups in total. The van der Waals surface area contributed by atoms with Crippen LogP contribution in [0.2, 0.25) is 0 Å². The third kappa shape index (κ3) is 3.76. The molecule has 10 heteroatoms. The van der Waals surface area contributed by atoms with Gasteiger partial charge in [-0.15, -0.1) is 21.5 Å². The SMILES string of the molecule is C[C@@H](c1nnc(SCc2nc3sc4c(c3c(=O)[nH]2)CCC4)n1-c1ccc(F)cc1)N(C)C. The Labute approximate surface area is 192 Å². The van der Waals surface area contributed by atoms with E-state index < -0.39 is 0 Å². The Bertz CT molecular complexity index is 1340. The first-order chi connectivity index (χ1) is 15.4. The van der Waals surface area contributed by atoms with Gasteiger partial charge in [0, 0.05) is 10.6 Å². The van der Waals surface area contributed by atoms with Gasteiger partial charge in [0.15, 0.2) is 11.0 Å². The molecular formula is C22H23FN6OS2. The molecule has 166 valence electrons. The molecule has 4 aromatic rings. The van der Waals surface area contributed by atoms with Gasteiger partial charge in [0.1, 0.15) is 16.5 Å². The Hall–Kier alpha value is -2.56. The van der Waals surface area contributed by atoms with E-state index in [0.29, 0.717) is 16.7 Å². The van der Waals surface area contributed by atoms with Crippen molar-refractivity contribution in [2.75, 3.05) is 14.1 Å². The van der Waals surface area contributed by atoms with Crippen molar-refractivity contribution in [1.29, 1.82) is 0 Å². The zero-order chi connectivity index (χ0) is 22.4. The largest absolute Gasteiger partial charge is 0.309 e. The lowest BCUT2D eigenvalue weighted by molar-refractivity contribution is 0.305. The summed E-state index contributed by atoms with van der Waals surface area (Å²) in [5, 5.41) is 10.2. The molecule has 0 bridgehead atoms. The zero-order valence-corrected chi connectivity index (χ0v) is 19.7. The van der Waals surface area contributed by atoms with E-state index in [2.05, 4.69) is 15.2 Å². The van der Waals surface area contributed by atoms with E-state index >= 15 is 0 Å². The van der Waals surface area contributed by atoms with Crippen molar-refractivity contribution in [3.8, 4) is 5.69 Å². The summed E-state index contributed by atoms with van der Waals surface area (Å²) in [5.74, 6) is 1.53. The Kier molecular flexibility index (Phi) is 5.60. The van der Waals surface area contributed by atoms with Gasteiger partial charge in [-0.25, -0.2) is 9.37 Å². The molecule has 5 rings (SSSR count). The van der Waals surface area contributed by atoms with Gasteiger partial charge in [-0.3, -0.25) is 14.3 Å². The number of nitrogens with one attached hydrogen (secondary N) is 1. The minimum Gasteiger partial charge on any atom is -0.309 e. The van der Waals surface area contributed by atoms with E-state index in [-0.39, 0.29) is 17.4 Å². The normalized spacial score (nSPS) is 14.4. The van der Waals surface area contributed by atoms with Crippen LogP contribution < -0.4 is 5.56 Å². The molecule has 0 amide bonds.